The Morgan fingerprint density at radius 1 is 0.893 bits per heavy atom. The van der Waals surface area contributed by atoms with E-state index in [2.05, 4.69) is 19.9 Å². The number of hydrogen-bond donors (Lipinski definition) is 3. The topological polar surface area (TPSA) is 112 Å². The van der Waals surface area contributed by atoms with Gasteiger partial charge in [-0.2, -0.15) is 8.42 Å². The molecule has 2 heterocycles. The van der Waals surface area contributed by atoms with Crippen LogP contribution in [0.2, 0.25) is 0 Å². The third-order valence-electron chi connectivity index (χ3n) is 4.95. The lowest BCUT2D eigenvalue weighted by Gasteiger charge is -2.09. The van der Waals surface area contributed by atoms with Gasteiger partial charge in [0.2, 0.25) is 0 Å². The minimum atomic E-state index is -4.40. The quantitative estimate of drug-likeness (QED) is 0.452. The van der Waals surface area contributed by atoms with Crippen molar-refractivity contribution < 1.29 is 13.0 Å². The summed E-state index contributed by atoms with van der Waals surface area (Å²) in [6.45, 7) is 7.84. The van der Waals surface area contributed by atoms with Crippen LogP contribution in [0.5, 0.6) is 0 Å². The number of aromatic amines is 2. The number of fused-ring (bicyclic) bond motifs is 2. The first-order chi connectivity index (χ1) is 13.1. The van der Waals surface area contributed by atoms with Crippen LogP contribution < -0.4 is 0 Å². The van der Waals surface area contributed by atoms with Crippen molar-refractivity contribution >= 4 is 32.2 Å². The van der Waals surface area contributed by atoms with E-state index in [1.807, 2.05) is 52.0 Å². The van der Waals surface area contributed by atoms with Crippen LogP contribution in [-0.4, -0.2) is 32.9 Å². The van der Waals surface area contributed by atoms with Gasteiger partial charge >= 0.3 is 0 Å². The first-order valence-corrected chi connectivity index (χ1v) is 10.5. The normalized spacial score (nSPS) is 13.5. The molecule has 4 rings (SSSR count). The fourth-order valence-electron chi connectivity index (χ4n) is 3.78. The fraction of sp³-hybridized carbons (Fsp3) is 0.300. The Kier molecular flexibility index (Phi) is 4.28. The van der Waals surface area contributed by atoms with Gasteiger partial charge in [-0.3, -0.25) is 4.55 Å². The van der Waals surface area contributed by atoms with Crippen molar-refractivity contribution in [1.29, 1.82) is 0 Å². The third kappa shape index (κ3) is 3.29. The second-order valence-electron chi connectivity index (χ2n) is 7.47. The molecule has 8 heteroatoms. The maximum Gasteiger partial charge on any atom is 0.275 e. The number of aromatic nitrogens is 4. The van der Waals surface area contributed by atoms with E-state index in [4.69, 9.17) is 0 Å². The highest BCUT2D eigenvalue weighted by Gasteiger charge is 2.30. The Morgan fingerprint density at radius 2 is 1.43 bits per heavy atom. The fourth-order valence-corrected chi connectivity index (χ4v) is 4.54. The van der Waals surface area contributed by atoms with Crippen LogP contribution in [0.4, 0.5) is 0 Å². The van der Waals surface area contributed by atoms with E-state index in [1.165, 1.54) is 0 Å². The second kappa shape index (κ2) is 6.42. The summed E-state index contributed by atoms with van der Waals surface area (Å²) < 4.78 is 34.2. The largest absolute Gasteiger partial charge is 0.342 e. The lowest BCUT2D eigenvalue weighted by molar-refractivity contribution is 0.464. The van der Waals surface area contributed by atoms with E-state index in [0.29, 0.717) is 11.3 Å². The minimum absolute atomic E-state index is 0.0101. The lowest BCUT2D eigenvalue weighted by atomic mass is 10.1. The predicted octanol–water partition coefficient (Wildman–Crippen LogP) is 3.84. The maximum absolute atomic E-state index is 12.2. The maximum atomic E-state index is 12.2. The number of benzene rings is 2. The first-order valence-electron chi connectivity index (χ1n) is 9.01. The summed E-state index contributed by atoms with van der Waals surface area (Å²) in [5.41, 5.74) is 7.18. The zero-order valence-corrected chi connectivity index (χ0v) is 17.0. The molecule has 28 heavy (non-hydrogen) atoms. The number of aryl methyl sites for hydroxylation is 4. The molecule has 0 aliphatic heterocycles. The molecule has 2 aromatic carbocycles. The van der Waals surface area contributed by atoms with E-state index >= 15 is 0 Å². The summed E-state index contributed by atoms with van der Waals surface area (Å²) in [5.74, 6) is 0.694. The Labute approximate surface area is 163 Å². The molecule has 1 unspecified atom stereocenters. The van der Waals surface area contributed by atoms with E-state index < -0.39 is 15.4 Å². The van der Waals surface area contributed by atoms with Crippen molar-refractivity contribution in [2.45, 2.75) is 39.4 Å². The van der Waals surface area contributed by atoms with Gasteiger partial charge in [-0.25, -0.2) is 9.97 Å². The van der Waals surface area contributed by atoms with Crippen LogP contribution in [0.25, 0.3) is 22.1 Å². The Bertz CT molecular complexity index is 1320. The van der Waals surface area contributed by atoms with Gasteiger partial charge in [0, 0.05) is 6.42 Å². The van der Waals surface area contributed by atoms with Gasteiger partial charge in [0.1, 0.15) is 11.6 Å². The summed E-state index contributed by atoms with van der Waals surface area (Å²) in [7, 11) is -4.40. The van der Waals surface area contributed by atoms with Crippen LogP contribution in [0.1, 0.15) is 39.2 Å². The predicted molar refractivity (Wildman–Crippen MR) is 109 cm³/mol. The number of nitrogens with one attached hydrogen (secondary N) is 2. The molecule has 0 aliphatic carbocycles. The molecule has 0 spiro atoms. The van der Waals surface area contributed by atoms with E-state index in [0.717, 1.165) is 38.8 Å². The Hall–Kier alpha value is -2.71. The van der Waals surface area contributed by atoms with Gasteiger partial charge in [0.15, 0.2) is 5.25 Å². The van der Waals surface area contributed by atoms with Crippen LogP contribution in [0, 0.1) is 27.7 Å². The number of H-pyrrole nitrogens is 2. The molecule has 0 saturated carbocycles. The van der Waals surface area contributed by atoms with E-state index in [-0.39, 0.29) is 12.2 Å². The monoisotopic (exact) mass is 398 g/mol. The van der Waals surface area contributed by atoms with Crippen molar-refractivity contribution in [3.63, 3.8) is 0 Å². The first kappa shape index (κ1) is 18.6. The molecule has 0 saturated heterocycles. The molecule has 4 aromatic rings. The van der Waals surface area contributed by atoms with Crippen molar-refractivity contribution in [2.75, 3.05) is 0 Å². The van der Waals surface area contributed by atoms with Gasteiger partial charge in [-0.1, -0.05) is 12.1 Å². The third-order valence-corrected chi connectivity index (χ3v) is 6.06. The summed E-state index contributed by atoms with van der Waals surface area (Å²) in [5, 5.41) is -1.23. The van der Waals surface area contributed by atoms with Crippen LogP contribution in [0.15, 0.2) is 24.3 Å². The highest BCUT2D eigenvalue weighted by atomic mass is 32.2. The highest BCUT2D eigenvalue weighted by molar-refractivity contribution is 7.86. The smallest absolute Gasteiger partial charge is 0.275 e. The van der Waals surface area contributed by atoms with E-state index in [9.17, 15) is 13.0 Å². The zero-order chi connectivity index (χ0) is 20.2. The Morgan fingerprint density at radius 3 is 2.00 bits per heavy atom. The summed E-state index contributed by atoms with van der Waals surface area (Å²) in [6.07, 6.45) is -0.0101. The number of hydrogen-bond acceptors (Lipinski definition) is 4. The molecular formula is C20H22N4O3S. The molecule has 0 bridgehead atoms. The molecule has 146 valence electrons. The molecule has 0 amide bonds. The van der Waals surface area contributed by atoms with Gasteiger partial charge in [0.05, 0.1) is 22.1 Å². The van der Waals surface area contributed by atoms with Gasteiger partial charge in [-0.05, 0) is 62.1 Å². The van der Waals surface area contributed by atoms with Crippen molar-refractivity contribution in [1.82, 2.24) is 19.9 Å². The summed E-state index contributed by atoms with van der Waals surface area (Å²) in [4.78, 5) is 15.3. The second-order valence-corrected chi connectivity index (χ2v) is 9.07. The molecule has 0 aliphatic rings. The van der Waals surface area contributed by atoms with Crippen LogP contribution in [-0.2, 0) is 16.5 Å². The van der Waals surface area contributed by atoms with Crippen molar-refractivity contribution in [2.24, 2.45) is 0 Å². The SMILES string of the molecule is Cc1cc(C)c2nc(CC(c3nc4c(C)cc(C)cc4[nH]3)S(=O)(=O)O)[nH]c2c1. The highest BCUT2D eigenvalue weighted by Crippen LogP contribution is 2.28. The van der Waals surface area contributed by atoms with Crippen molar-refractivity contribution in [3.8, 4) is 0 Å². The minimum Gasteiger partial charge on any atom is -0.342 e. The van der Waals surface area contributed by atoms with Crippen LogP contribution >= 0.6 is 0 Å². The van der Waals surface area contributed by atoms with Gasteiger partial charge < -0.3 is 9.97 Å². The zero-order valence-electron chi connectivity index (χ0n) is 16.2. The number of imidazole rings is 2. The summed E-state index contributed by atoms with van der Waals surface area (Å²) >= 11 is 0. The van der Waals surface area contributed by atoms with E-state index in [1.54, 1.807) is 0 Å². The molecule has 3 N–H and O–H groups in total. The Balaban J connectivity index is 1.80. The molecule has 2 aromatic heterocycles. The molecule has 7 nitrogen and oxygen atoms in total. The summed E-state index contributed by atoms with van der Waals surface area (Å²) in [6, 6.07) is 7.89. The molecule has 1 atom stereocenters. The standard InChI is InChI=1S/C20H22N4O3S/c1-10-5-12(3)18-14(7-10)21-17(23-18)9-16(28(25,26)27)20-22-15-8-11(2)6-13(4)19(15)24-20/h5-8,16H,9H2,1-4H3,(H,21,23)(H,22,24)(H,25,26,27). The average molecular weight is 398 g/mol. The molecular weight excluding hydrogens is 376 g/mol. The number of nitrogens with zero attached hydrogens (tertiary/aromatic N) is 2. The van der Waals surface area contributed by atoms with Gasteiger partial charge in [-0.15, -0.1) is 0 Å². The van der Waals surface area contributed by atoms with Crippen molar-refractivity contribution in [3.05, 3.63) is 58.2 Å². The lowest BCUT2D eigenvalue weighted by Crippen LogP contribution is -2.17. The molecule has 0 radical (unpaired) electrons. The van der Waals surface area contributed by atoms with Crippen LogP contribution in [0.3, 0.4) is 0 Å². The number of rotatable bonds is 4. The van der Waals surface area contributed by atoms with Gasteiger partial charge in [0.25, 0.3) is 10.1 Å². The molecule has 0 fully saturated rings. The average Bonchev–Trinajstić information content (AvgIpc) is 3.15.